The first-order valence-electron chi connectivity index (χ1n) is 5.44. The van der Waals surface area contributed by atoms with Crippen LogP contribution < -0.4 is 10.6 Å². The highest BCUT2D eigenvalue weighted by Gasteiger charge is 2.41. The fraction of sp³-hybridized carbons (Fsp3) is 1.00. The van der Waals surface area contributed by atoms with Crippen LogP contribution in [-0.4, -0.2) is 25.7 Å². The van der Waals surface area contributed by atoms with E-state index in [1.807, 2.05) is 0 Å². The van der Waals surface area contributed by atoms with Gasteiger partial charge in [-0.15, -0.1) is 0 Å². The molecular formula is C10H22N2+2. The van der Waals surface area contributed by atoms with Crippen molar-refractivity contribution >= 4 is 0 Å². The normalized spacial score (nSPS) is 48.5. The molecule has 2 heteroatoms. The Bertz CT molecular complexity index is 140. The molecule has 0 aromatic rings. The van der Waals surface area contributed by atoms with Gasteiger partial charge in [0.25, 0.3) is 0 Å². The average Bonchev–Trinajstić information content (AvgIpc) is 2.12. The van der Waals surface area contributed by atoms with Crippen LogP contribution >= 0.6 is 0 Å². The first kappa shape index (κ1) is 8.52. The molecule has 1 saturated heterocycles. The van der Waals surface area contributed by atoms with E-state index >= 15 is 0 Å². The van der Waals surface area contributed by atoms with Gasteiger partial charge >= 0.3 is 0 Å². The third-order valence-electron chi connectivity index (χ3n) is 3.97. The van der Waals surface area contributed by atoms with Gasteiger partial charge in [0.2, 0.25) is 0 Å². The lowest BCUT2D eigenvalue weighted by Gasteiger charge is -2.40. The smallest absolute Gasteiger partial charge is 0.0983 e. The molecule has 2 nitrogen and oxygen atoms in total. The van der Waals surface area contributed by atoms with Crippen LogP contribution in [0.15, 0.2) is 0 Å². The van der Waals surface area contributed by atoms with Crippen molar-refractivity contribution in [3.8, 4) is 0 Å². The molecule has 4 N–H and O–H groups in total. The quantitative estimate of drug-likeness (QED) is 0.471. The molecule has 2 fully saturated rings. The predicted octanol–water partition coefficient (Wildman–Crippen LogP) is -0.926. The summed E-state index contributed by atoms with van der Waals surface area (Å²) in [6.07, 6.45) is 7.19. The molecule has 0 spiro atoms. The maximum absolute atomic E-state index is 4.30. The van der Waals surface area contributed by atoms with Crippen molar-refractivity contribution in [2.75, 3.05) is 13.6 Å². The van der Waals surface area contributed by atoms with Crippen molar-refractivity contribution in [3.63, 3.8) is 0 Å². The molecule has 1 unspecified atom stereocenters. The Hall–Kier alpha value is -0.0800. The van der Waals surface area contributed by atoms with Crippen molar-refractivity contribution in [2.45, 2.75) is 44.2 Å². The minimum atomic E-state index is 0.763. The fourth-order valence-corrected chi connectivity index (χ4v) is 3.15. The second-order valence-electron chi connectivity index (χ2n) is 4.70. The molecule has 1 aliphatic heterocycles. The van der Waals surface area contributed by atoms with Gasteiger partial charge in [-0.2, -0.15) is 0 Å². The molecule has 0 amide bonds. The standard InChI is InChI=1S/C10H20N2/c1-12-7-6-9(11)8-4-2-3-5-10(8)12/h8-10H,2-7,11H2,1H3/p+2/t8-,9+,10+/m0/s1. The zero-order valence-electron chi connectivity index (χ0n) is 8.18. The molecule has 1 saturated carbocycles. The van der Waals surface area contributed by atoms with E-state index in [0.29, 0.717) is 0 Å². The lowest BCUT2D eigenvalue weighted by atomic mass is 9.76. The summed E-state index contributed by atoms with van der Waals surface area (Å²) in [5, 5.41) is 0. The van der Waals surface area contributed by atoms with E-state index in [0.717, 1.165) is 18.0 Å². The summed E-state index contributed by atoms with van der Waals surface area (Å²) >= 11 is 0. The highest BCUT2D eigenvalue weighted by atomic mass is 15.1. The molecule has 70 valence electrons. The number of rotatable bonds is 0. The van der Waals surface area contributed by atoms with Crippen molar-refractivity contribution in [1.82, 2.24) is 0 Å². The van der Waals surface area contributed by atoms with Crippen LogP contribution in [0.4, 0.5) is 0 Å². The molecule has 4 atom stereocenters. The Morgan fingerprint density at radius 1 is 1.17 bits per heavy atom. The third kappa shape index (κ3) is 1.38. The van der Waals surface area contributed by atoms with Crippen LogP contribution in [0.3, 0.4) is 0 Å². The van der Waals surface area contributed by atoms with Crippen LogP contribution in [0.25, 0.3) is 0 Å². The molecule has 0 aromatic heterocycles. The summed E-state index contributed by atoms with van der Waals surface area (Å²) in [7, 11) is 2.37. The molecule has 1 aliphatic carbocycles. The second-order valence-corrected chi connectivity index (χ2v) is 4.70. The monoisotopic (exact) mass is 170 g/mol. The maximum atomic E-state index is 4.30. The molecule has 2 rings (SSSR count). The van der Waals surface area contributed by atoms with Crippen LogP contribution in [0.5, 0.6) is 0 Å². The van der Waals surface area contributed by atoms with Crippen molar-refractivity contribution < 1.29 is 10.6 Å². The lowest BCUT2D eigenvalue weighted by molar-refractivity contribution is -0.922. The molecular weight excluding hydrogens is 148 g/mol. The van der Waals surface area contributed by atoms with E-state index in [2.05, 4.69) is 12.8 Å². The van der Waals surface area contributed by atoms with Gasteiger partial charge in [0.1, 0.15) is 0 Å². The summed E-state index contributed by atoms with van der Waals surface area (Å²) in [6.45, 7) is 1.36. The largest absolute Gasteiger partial charge is 0.355 e. The number of hydrogen-bond donors (Lipinski definition) is 2. The van der Waals surface area contributed by atoms with E-state index in [1.54, 1.807) is 4.90 Å². The Balaban J connectivity index is 2.05. The third-order valence-corrected chi connectivity index (χ3v) is 3.97. The van der Waals surface area contributed by atoms with E-state index in [1.165, 1.54) is 38.6 Å². The van der Waals surface area contributed by atoms with Gasteiger partial charge in [0, 0.05) is 6.42 Å². The molecule has 12 heavy (non-hydrogen) atoms. The van der Waals surface area contributed by atoms with Gasteiger partial charge in [-0.05, 0) is 19.3 Å². The summed E-state index contributed by atoms with van der Waals surface area (Å²) in [4.78, 5) is 1.78. The average molecular weight is 170 g/mol. The Morgan fingerprint density at radius 3 is 2.67 bits per heavy atom. The molecule has 0 radical (unpaired) electrons. The second kappa shape index (κ2) is 3.35. The SMILES string of the molecule is C[NH+]1CC[C@@H]([NH3+])[C@@H]2CCCC[C@H]21. The van der Waals surface area contributed by atoms with Crippen LogP contribution in [0.1, 0.15) is 32.1 Å². The molecule has 0 aromatic carbocycles. The van der Waals surface area contributed by atoms with E-state index in [9.17, 15) is 0 Å². The van der Waals surface area contributed by atoms with Crippen LogP contribution in [0, 0.1) is 5.92 Å². The highest BCUT2D eigenvalue weighted by molar-refractivity contribution is 4.82. The van der Waals surface area contributed by atoms with Gasteiger partial charge in [-0.3, -0.25) is 0 Å². The Morgan fingerprint density at radius 2 is 1.92 bits per heavy atom. The van der Waals surface area contributed by atoms with Gasteiger partial charge < -0.3 is 10.6 Å². The van der Waals surface area contributed by atoms with Gasteiger partial charge in [0.15, 0.2) is 0 Å². The number of piperidine rings is 1. The topological polar surface area (TPSA) is 32.1 Å². The Kier molecular flexibility index (Phi) is 2.37. The summed E-state index contributed by atoms with van der Waals surface area (Å²) < 4.78 is 0. The minimum Gasteiger partial charge on any atom is -0.355 e. The number of nitrogens with one attached hydrogen (secondary N) is 1. The number of quaternary nitrogens is 2. The predicted molar refractivity (Wildman–Crippen MR) is 48.8 cm³/mol. The summed E-state index contributed by atoms with van der Waals surface area (Å²) in [5.74, 6) is 0.951. The van der Waals surface area contributed by atoms with E-state index < -0.39 is 0 Å². The number of hydrogen-bond acceptors (Lipinski definition) is 0. The maximum Gasteiger partial charge on any atom is 0.0983 e. The van der Waals surface area contributed by atoms with Gasteiger partial charge in [-0.1, -0.05) is 6.42 Å². The number of likely N-dealkylation sites (tertiary alicyclic amines) is 1. The molecule has 1 heterocycles. The fourth-order valence-electron chi connectivity index (χ4n) is 3.15. The first-order valence-corrected chi connectivity index (χ1v) is 5.44. The lowest BCUT2D eigenvalue weighted by Crippen LogP contribution is -3.16. The molecule has 2 aliphatic rings. The van der Waals surface area contributed by atoms with Gasteiger partial charge in [-0.25, -0.2) is 0 Å². The van der Waals surface area contributed by atoms with Crippen LogP contribution in [-0.2, 0) is 0 Å². The van der Waals surface area contributed by atoms with Crippen molar-refractivity contribution in [3.05, 3.63) is 0 Å². The van der Waals surface area contributed by atoms with E-state index in [4.69, 9.17) is 0 Å². The zero-order valence-corrected chi connectivity index (χ0v) is 8.18. The first-order chi connectivity index (χ1) is 5.79. The zero-order chi connectivity index (χ0) is 8.55. The van der Waals surface area contributed by atoms with Gasteiger partial charge in [0.05, 0.1) is 31.6 Å². The van der Waals surface area contributed by atoms with Crippen molar-refractivity contribution in [2.24, 2.45) is 5.92 Å². The van der Waals surface area contributed by atoms with Crippen molar-refractivity contribution in [1.29, 1.82) is 0 Å². The summed E-state index contributed by atoms with van der Waals surface area (Å²) in [6, 6.07) is 1.72. The van der Waals surface area contributed by atoms with Crippen LogP contribution in [0.2, 0.25) is 0 Å². The Labute approximate surface area is 75.1 Å². The molecule has 0 bridgehead atoms. The van der Waals surface area contributed by atoms with E-state index in [-0.39, 0.29) is 0 Å². The number of fused-ring (bicyclic) bond motifs is 1. The summed E-state index contributed by atoms with van der Waals surface area (Å²) in [5.41, 5.74) is 4.30. The minimum absolute atomic E-state index is 0.763. The highest BCUT2D eigenvalue weighted by Crippen LogP contribution is 2.26.